The number of nitrogens with one attached hydrogen (secondary N) is 1. The van der Waals surface area contributed by atoms with Crippen molar-refractivity contribution in [2.24, 2.45) is 0 Å². The van der Waals surface area contributed by atoms with Gasteiger partial charge in [-0.25, -0.2) is 14.8 Å². The number of piperidine rings is 1. The lowest BCUT2D eigenvalue weighted by Gasteiger charge is -2.31. The molecule has 2 aromatic rings. The second-order valence-electron chi connectivity index (χ2n) is 7.23. The number of hydrogen-bond acceptors (Lipinski definition) is 6. The van der Waals surface area contributed by atoms with Gasteiger partial charge in [-0.3, -0.25) is 4.79 Å². The Balaban J connectivity index is 1.39. The van der Waals surface area contributed by atoms with Gasteiger partial charge < -0.3 is 19.9 Å². The molecule has 1 aromatic carbocycles. The third-order valence-electron chi connectivity index (χ3n) is 5.39. The van der Waals surface area contributed by atoms with Gasteiger partial charge in [-0.15, -0.1) is 0 Å². The highest BCUT2D eigenvalue weighted by Crippen LogP contribution is 2.28. The molecule has 29 heavy (non-hydrogen) atoms. The quantitative estimate of drug-likeness (QED) is 0.856. The number of rotatable bonds is 4. The van der Waals surface area contributed by atoms with E-state index in [4.69, 9.17) is 4.74 Å². The lowest BCUT2D eigenvalue weighted by atomic mass is 10.1. The highest BCUT2D eigenvalue weighted by molar-refractivity contribution is 6.06. The van der Waals surface area contributed by atoms with Crippen LogP contribution in [-0.4, -0.2) is 59.2 Å². The van der Waals surface area contributed by atoms with Crippen molar-refractivity contribution in [1.29, 1.82) is 0 Å². The number of benzene rings is 1. The Labute approximate surface area is 169 Å². The first-order valence-corrected chi connectivity index (χ1v) is 10.1. The van der Waals surface area contributed by atoms with E-state index in [1.807, 2.05) is 18.2 Å². The molecule has 8 heteroatoms. The first-order chi connectivity index (χ1) is 14.2. The van der Waals surface area contributed by atoms with Gasteiger partial charge in [0.15, 0.2) is 0 Å². The molecule has 152 valence electrons. The number of likely N-dealkylation sites (tertiary alicyclic amines) is 1. The first-order valence-electron chi connectivity index (χ1n) is 10.1. The third-order valence-corrected chi connectivity index (χ3v) is 5.39. The van der Waals surface area contributed by atoms with E-state index in [0.29, 0.717) is 37.8 Å². The van der Waals surface area contributed by atoms with E-state index in [1.165, 1.54) is 11.9 Å². The maximum Gasteiger partial charge on any atom is 0.409 e. The van der Waals surface area contributed by atoms with Gasteiger partial charge in [-0.05, 0) is 37.8 Å². The van der Waals surface area contributed by atoms with Crippen LogP contribution in [0, 0.1) is 0 Å². The summed E-state index contributed by atoms with van der Waals surface area (Å²) < 4.78 is 5.05. The predicted octanol–water partition coefficient (Wildman–Crippen LogP) is 2.71. The number of amides is 2. The van der Waals surface area contributed by atoms with Gasteiger partial charge in [-0.2, -0.15) is 0 Å². The summed E-state index contributed by atoms with van der Waals surface area (Å²) in [5, 5.41) is 3.38. The molecule has 0 unspecified atom stereocenters. The number of nitrogens with zero attached hydrogens (tertiary/aromatic N) is 4. The standard InChI is InChI=1S/C21H25N5O3/c1-2-29-21(28)25-10-8-16(9-11-25)24-19-13-17(22-14-23-19)20(27)26-12-7-15-5-3-4-6-18(15)26/h3-6,13-14,16H,2,7-12H2,1H3,(H,22,23,24). The molecule has 0 saturated carbocycles. The molecule has 1 saturated heterocycles. The van der Waals surface area contributed by atoms with Gasteiger partial charge in [0.1, 0.15) is 17.8 Å². The van der Waals surface area contributed by atoms with Crippen molar-refractivity contribution < 1.29 is 14.3 Å². The van der Waals surface area contributed by atoms with Crippen LogP contribution in [-0.2, 0) is 11.2 Å². The summed E-state index contributed by atoms with van der Waals surface area (Å²) in [7, 11) is 0. The minimum absolute atomic E-state index is 0.113. The van der Waals surface area contributed by atoms with Gasteiger partial charge in [-0.1, -0.05) is 18.2 Å². The van der Waals surface area contributed by atoms with Crippen molar-refractivity contribution in [3.05, 3.63) is 47.9 Å². The highest BCUT2D eigenvalue weighted by atomic mass is 16.6. The molecule has 0 bridgehead atoms. The van der Waals surface area contributed by atoms with E-state index in [-0.39, 0.29) is 18.0 Å². The van der Waals surface area contributed by atoms with E-state index in [0.717, 1.165) is 24.9 Å². The fourth-order valence-corrected chi connectivity index (χ4v) is 3.87. The molecule has 2 aliphatic rings. The largest absolute Gasteiger partial charge is 0.450 e. The molecule has 0 spiro atoms. The van der Waals surface area contributed by atoms with Crippen LogP contribution in [0.2, 0.25) is 0 Å². The lowest BCUT2D eigenvalue weighted by Crippen LogP contribution is -2.42. The summed E-state index contributed by atoms with van der Waals surface area (Å²) >= 11 is 0. The molecule has 0 radical (unpaired) electrons. The first kappa shape index (κ1) is 19.2. The SMILES string of the molecule is CCOC(=O)N1CCC(Nc2cc(C(=O)N3CCc4ccccc43)ncn2)CC1. The Hall–Kier alpha value is -3.16. The Morgan fingerprint density at radius 2 is 1.97 bits per heavy atom. The van der Waals surface area contributed by atoms with Crippen molar-refractivity contribution >= 4 is 23.5 Å². The van der Waals surface area contributed by atoms with Crippen molar-refractivity contribution in [2.75, 3.05) is 36.5 Å². The summed E-state index contributed by atoms with van der Waals surface area (Å²) in [6.45, 7) is 4.13. The Morgan fingerprint density at radius 3 is 2.76 bits per heavy atom. The summed E-state index contributed by atoms with van der Waals surface area (Å²) in [5.74, 6) is 0.517. The fraction of sp³-hybridized carbons (Fsp3) is 0.429. The van der Waals surface area contributed by atoms with Gasteiger partial charge in [0.05, 0.1) is 6.61 Å². The zero-order valence-electron chi connectivity index (χ0n) is 16.5. The highest BCUT2D eigenvalue weighted by Gasteiger charge is 2.27. The molecule has 4 rings (SSSR count). The minimum Gasteiger partial charge on any atom is -0.450 e. The molecule has 1 aromatic heterocycles. The van der Waals surface area contributed by atoms with Crippen molar-refractivity contribution in [3.63, 3.8) is 0 Å². The van der Waals surface area contributed by atoms with E-state index < -0.39 is 0 Å². The fourth-order valence-electron chi connectivity index (χ4n) is 3.87. The number of fused-ring (bicyclic) bond motifs is 1. The van der Waals surface area contributed by atoms with Gasteiger partial charge in [0, 0.05) is 37.4 Å². The average molecular weight is 395 g/mol. The summed E-state index contributed by atoms with van der Waals surface area (Å²) in [6.07, 6.45) is 3.62. The maximum atomic E-state index is 13.0. The minimum atomic E-state index is -0.258. The summed E-state index contributed by atoms with van der Waals surface area (Å²) in [6, 6.07) is 9.86. The van der Waals surface area contributed by atoms with Crippen LogP contribution in [0.3, 0.4) is 0 Å². The molecular formula is C21H25N5O3. The smallest absolute Gasteiger partial charge is 0.409 e. The van der Waals surface area contributed by atoms with Crippen molar-refractivity contribution in [1.82, 2.24) is 14.9 Å². The van der Waals surface area contributed by atoms with Crippen LogP contribution < -0.4 is 10.2 Å². The van der Waals surface area contributed by atoms with Crippen molar-refractivity contribution in [3.8, 4) is 0 Å². The second kappa shape index (κ2) is 8.46. The number of aromatic nitrogens is 2. The molecule has 8 nitrogen and oxygen atoms in total. The number of carbonyl (C=O) groups excluding carboxylic acids is 2. The van der Waals surface area contributed by atoms with Crippen LogP contribution in [0.1, 0.15) is 35.8 Å². The van der Waals surface area contributed by atoms with Gasteiger partial charge in [0.2, 0.25) is 0 Å². The topological polar surface area (TPSA) is 87.7 Å². The number of hydrogen-bond donors (Lipinski definition) is 1. The molecule has 3 heterocycles. The molecule has 0 atom stereocenters. The zero-order valence-corrected chi connectivity index (χ0v) is 16.5. The molecule has 1 N–H and O–H groups in total. The van der Waals surface area contributed by atoms with Gasteiger partial charge in [0.25, 0.3) is 5.91 Å². The Kier molecular flexibility index (Phi) is 5.59. The van der Waals surface area contributed by atoms with Crippen LogP contribution in [0.25, 0.3) is 0 Å². The van der Waals surface area contributed by atoms with Crippen molar-refractivity contribution in [2.45, 2.75) is 32.2 Å². The normalized spacial score (nSPS) is 16.4. The summed E-state index contributed by atoms with van der Waals surface area (Å²) in [4.78, 5) is 36.8. The zero-order chi connectivity index (χ0) is 20.2. The molecule has 1 fully saturated rings. The number of anilines is 2. The van der Waals surface area contributed by atoms with E-state index in [1.54, 1.807) is 22.8 Å². The lowest BCUT2D eigenvalue weighted by molar-refractivity contribution is 0.0974. The Morgan fingerprint density at radius 1 is 1.17 bits per heavy atom. The molecule has 2 amide bonds. The molecule has 2 aliphatic heterocycles. The van der Waals surface area contributed by atoms with E-state index in [9.17, 15) is 9.59 Å². The predicted molar refractivity (Wildman–Crippen MR) is 109 cm³/mol. The Bertz CT molecular complexity index is 895. The monoisotopic (exact) mass is 395 g/mol. The summed E-state index contributed by atoms with van der Waals surface area (Å²) in [5.41, 5.74) is 2.52. The second-order valence-corrected chi connectivity index (χ2v) is 7.23. The van der Waals surface area contributed by atoms with E-state index in [2.05, 4.69) is 21.4 Å². The number of carbonyl (C=O) groups is 2. The average Bonchev–Trinajstić information content (AvgIpc) is 3.18. The third kappa shape index (κ3) is 4.16. The maximum absolute atomic E-state index is 13.0. The van der Waals surface area contributed by atoms with Gasteiger partial charge >= 0.3 is 6.09 Å². The number of ether oxygens (including phenoxy) is 1. The van der Waals surface area contributed by atoms with Crippen LogP contribution in [0.4, 0.5) is 16.3 Å². The molecular weight excluding hydrogens is 370 g/mol. The van der Waals surface area contributed by atoms with Crippen LogP contribution in [0.15, 0.2) is 36.7 Å². The number of para-hydroxylation sites is 1. The van der Waals surface area contributed by atoms with E-state index >= 15 is 0 Å². The van der Waals surface area contributed by atoms with Crippen LogP contribution in [0.5, 0.6) is 0 Å². The molecule has 0 aliphatic carbocycles. The van der Waals surface area contributed by atoms with Crippen LogP contribution >= 0.6 is 0 Å².